The van der Waals surface area contributed by atoms with Crippen LogP contribution in [-0.2, 0) is 16.6 Å². The molecule has 0 unspecified atom stereocenters. The number of ether oxygens (including phenoxy) is 1. The molecule has 1 heterocycles. The van der Waals surface area contributed by atoms with Crippen LogP contribution in [0.4, 0.5) is 5.69 Å². The predicted molar refractivity (Wildman–Crippen MR) is 121 cm³/mol. The van der Waals surface area contributed by atoms with Gasteiger partial charge in [-0.1, -0.05) is 26.0 Å². The highest BCUT2D eigenvalue weighted by molar-refractivity contribution is 7.92. The number of methoxy groups -OCH3 is 1. The van der Waals surface area contributed by atoms with E-state index in [2.05, 4.69) is 24.5 Å². The monoisotopic (exact) mass is 425 g/mol. The highest BCUT2D eigenvalue weighted by atomic mass is 32.2. The van der Waals surface area contributed by atoms with E-state index in [-0.39, 0.29) is 0 Å². The Morgan fingerprint density at radius 3 is 2.33 bits per heavy atom. The first-order valence-electron chi connectivity index (χ1n) is 9.89. The van der Waals surface area contributed by atoms with E-state index in [4.69, 9.17) is 4.74 Å². The number of hydrogen-bond acceptors (Lipinski definition) is 4. The quantitative estimate of drug-likeness (QED) is 0.553. The van der Waals surface area contributed by atoms with Crippen LogP contribution in [-0.4, -0.2) is 32.9 Å². The zero-order valence-corrected chi connectivity index (χ0v) is 18.8. The lowest BCUT2D eigenvalue weighted by Crippen LogP contribution is -2.29. The maximum Gasteiger partial charge on any atom is 0.232 e. The van der Waals surface area contributed by atoms with E-state index in [0.717, 1.165) is 34.5 Å². The smallest absolute Gasteiger partial charge is 0.232 e. The van der Waals surface area contributed by atoms with Crippen molar-refractivity contribution in [1.82, 2.24) is 4.57 Å². The van der Waals surface area contributed by atoms with Gasteiger partial charge in [-0.05, 0) is 42.7 Å². The van der Waals surface area contributed by atoms with E-state index in [1.165, 1.54) is 10.6 Å². The molecule has 30 heavy (non-hydrogen) atoms. The van der Waals surface area contributed by atoms with Gasteiger partial charge in [0.1, 0.15) is 11.8 Å². The molecule has 0 saturated heterocycles. The summed E-state index contributed by atoms with van der Waals surface area (Å²) < 4.78 is 33.0. The van der Waals surface area contributed by atoms with E-state index in [9.17, 15) is 13.7 Å². The summed E-state index contributed by atoms with van der Waals surface area (Å²) in [5.41, 5.74) is 3.87. The van der Waals surface area contributed by atoms with Gasteiger partial charge in [-0.15, -0.1) is 0 Å². The number of aromatic nitrogens is 1. The molecule has 0 N–H and O–H groups in total. The maximum absolute atomic E-state index is 12.0. The summed E-state index contributed by atoms with van der Waals surface area (Å²) in [5.74, 6) is 1.11. The molecule has 2 aromatic carbocycles. The Bertz CT molecular complexity index is 1200. The van der Waals surface area contributed by atoms with E-state index in [0.29, 0.717) is 23.7 Å². The number of anilines is 1. The topological polar surface area (TPSA) is 75.3 Å². The minimum absolute atomic E-state index is 0.356. The molecule has 158 valence electrons. The fraction of sp³-hybridized carbons (Fsp3) is 0.348. The van der Waals surface area contributed by atoms with Crippen LogP contribution in [0.15, 0.2) is 42.5 Å². The first-order valence-corrected chi connectivity index (χ1v) is 11.7. The van der Waals surface area contributed by atoms with Crippen LogP contribution in [0.3, 0.4) is 0 Å². The molecule has 0 aliphatic rings. The number of fused-ring (bicyclic) bond motifs is 1. The molecular weight excluding hydrogens is 398 g/mol. The van der Waals surface area contributed by atoms with Crippen LogP contribution in [0, 0.1) is 17.2 Å². The zero-order valence-electron chi connectivity index (χ0n) is 18.0. The van der Waals surface area contributed by atoms with Gasteiger partial charge in [0, 0.05) is 24.5 Å². The van der Waals surface area contributed by atoms with Crippen molar-refractivity contribution in [2.45, 2.75) is 27.3 Å². The van der Waals surface area contributed by atoms with Gasteiger partial charge in [0.05, 0.1) is 35.8 Å². The summed E-state index contributed by atoms with van der Waals surface area (Å²) in [4.78, 5) is 0. The number of hydrogen-bond donors (Lipinski definition) is 0. The van der Waals surface area contributed by atoms with E-state index in [1.54, 1.807) is 26.2 Å². The molecule has 0 bridgehead atoms. The van der Waals surface area contributed by atoms with Crippen molar-refractivity contribution in [3.05, 3.63) is 48.0 Å². The van der Waals surface area contributed by atoms with Crippen molar-refractivity contribution in [2.75, 3.05) is 24.2 Å². The average Bonchev–Trinajstić information content (AvgIpc) is 3.00. The molecule has 0 amide bonds. The van der Waals surface area contributed by atoms with Gasteiger partial charge in [0.15, 0.2) is 0 Å². The first-order chi connectivity index (χ1) is 14.2. The molecule has 0 radical (unpaired) electrons. The zero-order chi connectivity index (χ0) is 22.1. The number of nitrogens with zero attached hydrogens (tertiary/aromatic N) is 3. The van der Waals surface area contributed by atoms with Crippen molar-refractivity contribution >= 4 is 26.6 Å². The summed E-state index contributed by atoms with van der Waals surface area (Å²) in [5, 5.41) is 10.8. The average molecular weight is 426 g/mol. The van der Waals surface area contributed by atoms with Crippen LogP contribution < -0.4 is 9.04 Å². The van der Waals surface area contributed by atoms with Crippen LogP contribution >= 0.6 is 0 Å². The van der Waals surface area contributed by atoms with Gasteiger partial charge in [-0.25, -0.2) is 8.42 Å². The minimum Gasteiger partial charge on any atom is -0.497 e. The standard InChI is InChI=1S/C23H27N3O3S/c1-6-26(30(5,27)28)18-9-7-17(8-10-18)23-21(14-24)20-12-11-19(29-4)13-22(20)25(23)15-16(2)3/h7-13,16H,6,15H2,1-5H3. The van der Waals surface area contributed by atoms with Crippen LogP contribution in [0.2, 0.25) is 0 Å². The third-order valence-corrected chi connectivity index (χ3v) is 6.32. The molecule has 0 atom stereocenters. The second-order valence-electron chi connectivity index (χ2n) is 7.70. The molecule has 6 nitrogen and oxygen atoms in total. The van der Waals surface area contributed by atoms with Crippen molar-refractivity contribution in [3.8, 4) is 23.1 Å². The summed E-state index contributed by atoms with van der Waals surface area (Å²) in [6.07, 6.45) is 1.20. The molecule has 0 spiro atoms. The van der Waals surface area contributed by atoms with E-state index < -0.39 is 10.0 Å². The Hall–Kier alpha value is -2.98. The molecular formula is C23H27N3O3S. The molecule has 3 rings (SSSR count). The lowest BCUT2D eigenvalue weighted by molar-refractivity contribution is 0.415. The highest BCUT2D eigenvalue weighted by Crippen LogP contribution is 2.36. The van der Waals surface area contributed by atoms with Crippen LogP contribution in [0.25, 0.3) is 22.2 Å². The maximum atomic E-state index is 12.0. The Morgan fingerprint density at radius 2 is 1.83 bits per heavy atom. The fourth-order valence-electron chi connectivity index (χ4n) is 3.82. The van der Waals surface area contributed by atoms with Crippen molar-refractivity contribution in [2.24, 2.45) is 5.92 Å². The number of benzene rings is 2. The highest BCUT2D eigenvalue weighted by Gasteiger charge is 2.21. The second-order valence-corrected chi connectivity index (χ2v) is 9.60. The lowest BCUT2D eigenvalue weighted by Gasteiger charge is -2.21. The van der Waals surface area contributed by atoms with Crippen molar-refractivity contribution in [1.29, 1.82) is 5.26 Å². The summed E-state index contributed by atoms with van der Waals surface area (Å²) in [7, 11) is -1.72. The van der Waals surface area contributed by atoms with E-state index >= 15 is 0 Å². The summed E-state index contributed by atoms with van der Waals surface area (Å²) in [6, 6.07) is 15.5. The number of nitriles is 1. The van der Waals surface area contributed by atoms with Crippen molar-refractivity contribution < 1.29 is 13.2 Å². The molecule has 0 fully saturated rings. The van der Waals surface area contributed by atoms with Gasteiger partial charge < -0.3 is 9.30 Å². The van der Waals surface area contributed by atoms with E-state index in [1.807, 2.05) is 30.3 Å². The lowest BCUT2D eigenvalue weighted by atomic mass is 10.1. The molecule has 7 heteroatoms. The largest absolute Gasteiger partial charge is 0.497 e. The van der Waals surface area contributed by atoms with Gasteiger partial charge in [0.25, 0.3) is 0 Å². The van der Waals surface area contributed by atoms with Crippen molar-refractivity contribution in [3.63, 3.8) is 0 Å². The normalized spacial score (nSPS) is 11.6. The van der Waals surface area contributed by atoms with Gasteiger partial charge in [-0.3, -0.25) is 4.31 Å². The number of sulfonamides is 1. The van der Waals surface area contributed by atoms with Crippen LogP contribution in [0.5, 0.6) is 5.75 Å². The van der Waals surface area contributed by atoms with Gasteiger partial charge >= 0.3 is 0 Å². The minimum atomic E-state index is -3.35. The van der Waals surface area contributed by atoms with Gasteiger partial charge in [-0.2, -0.15) is 5.26 Å². The van der Waals surface area contributed by atoms with Gasteiger partial charge in [0.2, 0.25) is 10.0 Å². The first kappa shape index (κ1) is 21.7. The summed E-state index contributed by atoms with van der Waals surface area (Å²) in [6.45, 7) is 7.17. The Kier molecular flexibility index (Phi) is 6.09. The SMILES string of the molecule is CCN(c1ccc(-c2c(C#N)c3ccc(OC)cc3n2CC(C)C)cc1)S(C)(=O)=O. The Balaban J connectivity index is 2.23. The Morgan fingerprint density at radius 1 is 1.17 bits per heavy atom. The third-order valence-electron chi connectivity index (χ3n) is 5.05. The third kappa shape index (κ3) is 4.01. The molecule has 0 aliphatic carbocycles. The molecule has 0 aliphatic heterocycles. The second kappa shape index (κ2) is 8.41. The summed E-state index contributed by atoms with van der Waals surface area (Å²) >= 11 is 0. The fourth-order valence-corrected chi connectivity index (χ4v) is 4.79. The van der Waals surface area contributed by atoms with Crippen LogP contribution in [0.1, 0.15) is 26.3 Å². The number of rotatable bonds is 7. The Labute approximate surface area is 178 Å². The molecule has 0 saturated carbocycles. The molecule has 3 aromatic rings. The predicted octanol–water partition coefficient (Wildman–Crippen LogP) is 4.63. The molecule has 1 aromatic heterocycles.